The standard InChI is InChI=1S/C3H7F3OSi/c4-1-2(5)3(6)7-8/h2-3H,1H2,8H3. The quantitative estimate of drug-likeness (QED) is 0.502. The maximum absolute atomic E-state index is 11.7. The van der Waals surface area contributed by atoms with E-state index in [4.69, 9.17) is 0 Å². The van der Waals surface area contributed by atoms with Gasteiger partial charge in [0.1, 0.15) is 17.2 Å². The second-order valence-corrected chi connectivity index (χ2v) is 1.73. The van der Waals surface area contributed by atoms with E-state index in [2.05, 4.69) is 4.43 Å². The van der Waals surface area contributed by atoms with Crippen LogP contribution in [0.2, 0.25) is 0 Å². The van der Waals surface area contributed by atoms with Crippen molar-refractivity contribution in [2.75, 3.05) is 6.67 Å². The van der Waals surface area contributed by atoms with Crippen molar-refractivity contribution in [1.29, 1.82) is 0 Å². The second kappa shape index (κ2) is 3.91. The summed E-state index contributed by atoms with van der Waals surface area (Å²) < 4.78 is 38.5. The number of hydrogen-bond donors (Lipinski definition) is 0. The van der Waals surface area contributed by atoms with Crippen LogP contribution >= 0.6 is 0 Å². The molecule has 0 rings (SSSR count). The third-order valence-corrected chi connectivity index (χ3v) is 1.11. The van der Waals surface area contributed by atoms with Crippen molar-refractivity contribution in [3.8, 4) is 0 Å². The molecule has 0 radical (unpaired) electrons. The van der Waals surface area contributed by atoms with E-state index in [9.17, 15) is 13.2 Å². The van der Waals surface area contributed by atoms with Gasteiger partial charge in [-0.2, -0.15) is 0 Å². The molecular weight excluding hydrogens is 137 g/mol. The van der Waals surface area contributed by atoms with Gasteiger partial charge in [0.25, 0.3) is 0 Å². The molecule has 5 heteroatoms. The molecule has 0 aliphatic heterocycles. The molecule has 0 aliphatic carbocycles. The van der Waals surface area contributed by atoms with Crippen LogP contribution in [0.1, 0.15) is 0 Å². The average Bonchev–Trinajstić information content (AvgIpc) is 1.84. The van der Waals surface area contributed by atoms with Crippen LogP contribution in [-0.4, -0.2) is 29.7 Å². The van der Waals surface area contributed by atoms with Gasteiger partial charge >= 0.3 is 0 Å². The molecule has 0 N–H and O–H groups in total. The van der Waals surface area contributed by atoms with Gasteiger partial charge in [0.15, 0.2) is 6.17 Å². The fraction of sp³-hybridized carbons (Fsp3) is 1.00. The van der Waals surface area contributed by atoms with Crippen LogP contribution in [0.25, 0.3) is 0 Å². The molecule has 0 aliphatic rings. The van der Waals surface area contributed by atoms with E-state index in [1.165, 1.54) is 0 Å². The van der Waals surface area contributed by atoms with Crippen LogP contribution in [0.4, 0.5) is 13.2 Å². The van der Waals surface area contributed by atoms with E-state index in [0.717, 1.165) is 0 Å². The molecular formula is C3H7F3OSi. The van der Waals surface area contributed by atoms with Gasteiger partial charge in [-0.15, -0.1) is 0 Å². The number of alkyl halides is 3. The fourth-order valence-corrected chi connectivity index (χ4v) is 0.513. The Morgan fingerprint density at radius 3 is 2.12 bits per heavy atom. The molecule has 8 heavy (non-hydrogen) atoms. The molecule has 0 aromatic carbocycles. The number of rotatable bonds is 3. The van der Waals surface area contributed by atoms with Crippen LogP contribution < -0.4 is 0 Å². The third kappa shape index (κ3) is 2.32. The van der Waals surface area contributed by atoms with Crippen molar-refractivity contribution in [1.82, 2.24) is 0 Å². The highest BCUT2D eigenvalue weighted by molar-refractivity contribution is 5.98. The zero-order valence-electron chi connectivity index (χ0n) is 4.40. The summed E-state index contributed by atoms with van der Waals surface area (Å²) in [5.41, 5.74) is 0. The SMILES string of the molecule is FCC(F)C(F)O[SiH3]. The topological polar surface area (TPSA) is 9.23 Å². The minimum absolute atomic E-state index is 0.0936. The molecule has 50 valence electrons. The first-order valence-corrected chi connectivity index (χ1v) is 2.91. The lowest BCUT2D eigenvalue weighted by atomic mass is 10.4. The van der Waals surface area contributed by atoms with Crippen LogP contribution in [0.3, 0.4) is 0 Å². The molecule has 0 aromatic heterocycles. The molecule has 0 saturated carbocycles. The number of hydrogen-bond acceptors (Lipinski definition) is 1. The highest BCUT2D eigenvalue weighted by Gasteiger charge is 2.17. The largest absolute Gasteiger partial charge is 0.398 e. The summed E-state index contributed by atoms with van der Waals surface area (Å²) in [5, 5.41) is 0. The van der Waals surface area contributed by atoms with Crippen molar-refractivity contribution in [3.05, 3.63) is 0 Å². The van der Waals surface area contributed by atoms with Crippen molar-refractivity contribution in [3.63, 3.8) is 0 Å². The third-order valence-electron chi connectivity index (χ3n) is 0.657. The monoisotopic (exact) mass is 144 g/mol. The van der Waals surface area contributed by atoms with E-state index in [1.54, 1.807) is 0 Å². The van der Waals surface area contributed by atoms with Gasteiger partial charge in [0.05, 0.1) is 0 Å². The van der Waals surface area contributed by atoms with E-state index in [0.29, 0.717) is 0 Å². The lowest BCUT2D eigenvalue weighted by Crippen LogP contribution is -2.21. The molecule has 0 amide bonds. The first-order chi connectivity index (χ1) is 3.72. The summed E-state index contributed by atoms with van der Waals surface area (Å²) in [6.45, 7) is -1.32. The summed E-state index contributed by atoms with van der Waals surface area (Å²) >= 11 is 0. The van der Waals surface area contributed by atoms with Crippen LogP contribution in [-0.2, 0) is 4.43 Å². The van der Waals surface area contributed by atoms with E-state index in [-0.39, 0.29) is 10.5 Å². The van der Waals surface area contributed by atoms with Crippen molar-refractivity contribution >= 4 is 10.5 Å². The molecule has 0 bridgehead atoms. The summed E-state index contributed by atoms with van der Waals surface area (Å²) in [7, 11) is 0.0936. The predicted molar refractivity (Wildman–Crippen MR) is 26.8 cm³/mol. The summed E-state index contributed by atoms with van der Waals surface area (Å²) in [6, 6.07) is 0. The molecule has 1 nitrogen and oxygen atoms in total. The lowest BCUT2D eigenvalue weighted by molar-refractivity contribution is -0.00931. The average molecular weight is 144 g/mol. The van der Waals surface area contributed by atoms with Crippen LogP contribution in [0.15, 0.2) is 0 Å². The molecule has 0 aromatic rings. The van der Waals surface area contributed by atoms with Gasteiger partial charge in [0.2, 0.25) is 6.36 Å². The molecule has 0 saturated heterocycles. The maximum atomic E-state index is 11.7. The minimum Gasteiger partial charge on any atom is -0.398 e. The maximum Gasteiger partial charge on any atom is 0.223 e. The van der Waals surface area contributed by atoms with Gasteiger partial charge in [-0.25, -0.2) is 13.2 Å². The molecule has 0 spiro atoms. The predicted octanol–water partition coefficient (Wildman–Crippen LogP) is -0.113. The fourth-order valence-electron chi connectivity index (χ4n) is 0.218. The van der Waals surface area contributed by atoms with Crippen molar-refractivity contribution in [2.24, 2.45) is 0 Å². The normalized spacial score (nSPS) is 18.4. The van der Waals surface area contributed by atoms with Crippen molar-refractivity contribution < 1.29 is 17.6 Å². The Kier molecular flexibility index (Phi) is 3.89. The Balaban J connectivity index is 3.29. The van der Waals surface area contributed by atoms with Crippen LogP contribution in [0, 0.1) is 0 Å². The zero-order valence-corrected chi connectivity index (χ0v) is 6.40. The van der Waals surface area contributed by atoms with E-state index < -0.39 is 19.2 Å². The van der Waals surface area contributed by atoms with E-state index >= 15 is 0 Å². The first-order valence-electron chi connectivity index (χ1n) is 2.09. The number of halogens is 3. The van der Waals surface area contributed by atoms with Crippen molar-refractivity contribution in [2.45, 2.75) is 12.5 Å². The molecule has 0 fully saturated rings. The summed E-state index contributed by atoms with van der Waals surface area (Å²) in [5.74, 6) is 0. The molecule has 0 heterocycles. The van der Waals surface area contributed by atoms with Gasteiger partial charge in [-0.1, -0.05) is 0 Å². The first kappa shape index (κ1) is 7.97. The highest BCUT2D eigenvalue weighted by atomic mass is 28.2. The van der Waals surface area contributed by atoms with E-state index in [1.807, 2.05) is 0 Å². The highest BCUT2D eigenvalue weighted by Crippen LogP contribution is 2.03. The molecule has 2 unspecified atom stereocenters. The zero-order chi connectivity index (χ0) is 6.57. The second-order valence-electron chi connectivity index (χ2n) is 1.26. The Labute approximate surface area is 48.4 Å². The van der Waals surface area contributed by atoms with Crippen LogP contribution in [0.5, 0.6) is 0 Å². The summed E-state index contributed by atoms with van der Waals surface area (Å²) in [4.78, 5) is 0. The van der Waals surface area contributed by atoms with Gasteiger partial charge in [0, 0.05) is 0 Å². The molecule has 2 atom stereocenters. The Hall–Kier alpha value is -0.0331. The smallest absolute Gasteiger partial charge is 0.223 e. The Morgan fingerprint density at radius 1 is 1.50 bits per heavy atom. The minimum atomic E-state index is -2.10. The Bertz CT molecular complexity index is 54.5. The van der Waals surface area contributed by atoms with Gasteiger partial charge < -0.3 is 4.43 Å². The lowest BCUT2D eigenvalue weighted by Gasteiger charge is -2.06. The Morgan fingerprint density at radius 2 is 2.00 bits per heavy atom. The van der Waals surface area contributed by atoms with Gasteiger partial charge in [-0.05, 0) is 0 Å². The summed E-state index contributed by atoms with van der Waals surface area (Å²) in [6.07, 6.45) is -4.17. The van der Waals surface area contributed by atoms with Gasteiger partial charge in [-0.3, -0.25) is 0 Å².